The lowest BCUT2D eigenvalue weighted by molar-refractivity contribution is 0.150. The van der Waals surface area contributed by atoms with Gasteiger partial charge < -0.3 is 20.2 Å². The summed E-state index contributed by atoms with van der Waals surface area (Å²) < 4.78 is 0. The molecule has 1 aliphatic heterocycles. The molecule has 0 bridgehead atoms. The van der Waals surface area contributed by atoms with Crippen molar-refractivity contribution >= 4 is 6.03 Å². The molecule has 0 aliphatic carbocycles. The number of rotatable bonds is 5. The van der Waals surface area contributed by atoms with Crippen molar-refractivity contribution in [3.05, 3.63) is 0 Å². The molecule has 5 nitrogen and oxygen atoms in total. The molecule has 1 fully saturated rings. The topological polar surface area (TPSA) is 55.8 Å². The molecular weight excluding hydrogens is 230 g/mol. The average Bonchev–Trinajstić information content (AvgIpc) is 2.36. The van der Waals surface area contributed by atoms with Gasteiger partial charge in [0.05, 0.1) is 0 Å². The molecule has 1 atom stereocenters. The minimum Gasteiger partial charge on any atom is -0.396 e. The molecular formula is C13H27N3O2. The van der Waals surface area contributed by atoms with Crippen LogP contribution in [-0.2, 0) is 0 Å². The second kappa shape index (κ2) is 7.59. The molecule has 0 aromatic rings. The molecule has 0 aromatic carbocycles. The van der Waals surface area contributed by atoms with Crippen LogP contribution in [0, 0.1) is 0 Å². The largest absolute Gasteiger partial charge is 0.396 e. The predicted molar refractivity (Wildman–Crippen MR) is 72.6 cm³/mol. The summed E-state index contributed by atoms with van der Waals surface area (Å²) in [6, 6.07) is 1.06. The second-order valence-corrected chi connectivity index (χ2v) is 5.37. The number of nitrogens with zero attached hydrogens (tertiary/aromatic N) is 2. The van der Waals surface area contributed by atoms with Crippen molar-refractivity contribution in [2.24, 2.45) is 0 Å². The highest BCUT2D eigenvalue weighted by Gasteiger charge is 2.24. The fourth-order valence-electron chi connectivity index (χ4n) is 2.40. The third-order valence-electron chi connectivity index (χ3n) is 3.46. The fourth-order valence-corrected chi connectivity index (χ4v) is 2.40. The summed E-state index contributed by atoms with van der Waals surface area (Å²) in [6.45, 7) is 4.09. The van der Waals surface area contributed by atoms with Crippen LogP contribution >= 0.6 is 0 Å². The molecule has 1 aliphatic rings. The van der Waals surface area contributed by atoms with Crippen molar-refractivity contribution in [1.29, 1.82) is 0 Å². The molecule has 2 amide bonds. The van der Waals surface area contributed by atoms with Crippen molar-refractivity contribution in [2.75, 3.05) is 33.8 Å². The van der Waals surface area contributed by atoms with E-state index in [0.29, 0.717) is 12.1 Å². The Bertz CT molecular complexity index is 251. The van der Waals surface area contributed by atoms with Gasteiger partial charge in [0.1, 0.15) is 0 Å². The number of carbonyl (C=O) groups is 1. The van der Waals surface area contributed by atoms with Gasteiger partial charge >= 0.3 is 6.03 Å². The van der Waals surface area contributed by atoms with E-state index in [4.69, 9.17) is 5.11 Å². The first kappa shape index (κ1) is 15.2. The minimum absolute atomic E-state index is 0.113. The molecule has 1 rings (SSSR count). The van der Waals surface area contributed by atoms with Crippen LogP contribution < -0.4 is 5.32 Å². The Kier molecular flexibility index (Phi) is 6.43. The minimum atomic E-state index is 0.113. The molecule has 0 saturated carbocycles. The third kappa shape index (κ3) is 4.82. The normalized spacial score (nSPS) is 18.8. The molecule has 0 radical (unpaired) electrons. The van der Waals surface area contributed by atoms with E-state index in [1.165, 1.54) is 0 Å². The first-order valence-electron chi connectivity index (χ1n) is 6.87. The summed E-state index contributed by atoms with van der Waals surface area (Å²) in [5.41, 5.74) is 0. The summed E-state index contributed by atoms with van der Waals surface area (Å²) in [6.07, 6.45) is 3.89. The van der Waals surface area contributed by atoms with E-state index in [-0.39, 0.29) is 12.6 Å². The summed E-state index contributed by atoms with van der Waals surface area (Å²) in [5.74, 6) is 0. The van der Waals surface area contributed by atoms with Gasteiger partial charge in [0.25, 0.3) is 0 Å². The molecule has 106 valence electrons. The van der Waals surface area contributed by atoms with Crippen LogP contribution in [0.1, 0.15) is 32.6 Å². The zero-order valence-corrected chi connectivity index (χ0v) is 11.9. The smallest absolute Gasteiger partial charge is 0.319 e. The zero-order chi connectivity index (χ0) is 13.5. The third-order valence-corrected chi connectivity index (χ3v) is 3.46. The van der Waals surface area contributed by atoms with Gasteiger partial charge in [-0.05, 0) is 32.6 Å². The molecule has 1 saturated heterocycles. The number of urea groups is 1. The molecule has 5 heteroatoms. The standard InChI is InChI=1S/C13H27N3O2/c1-11(5-4-10-17)14-12-6-8-16(9-7-12)13(18)15(2)3/h11-12,14,17H,4-10H2,1-3H3. The monoisotopic (exact) mass is 257 g/mol. The van der Waals surface area contributed by atoms with Crippen LogP contribution in [0.3, 0.4) is 0 Å². The molecule has 0 spiro atoms. The first-order valence-corrected chi connectivity index (χ1v) is 6.87. The van der Waals surface area contributed by atoms with E-state index in [2.05, 4.69) is 12.2 Å². The molecule has 1 unspecified atom stereocenters. The molecule has 0 aromatic heterocycles. The highest BCUT2D eigenvalue weighted by Crippen LogP contribution is 2.13. The van der Waals surface area contributed by atoms with Crippen molar-refractivity contribution in [3.8, 4) is 0 Å². The lowest BCUT2D eigenvalue weighted by Gasteiger charge is -2.35. The number of carbonyl (C=O) groups excluding carboxylic acids is 1. The Labute approximate surface area is 110 Å². The quantitative estimate of drug-likeness (QED) is 0.769. The SMILES string of the molecule is CC(CCCO)NC1CCN(C(=O)N(C)C)CC1. The number of hydrogen-bond donors (Lipinski definition) is 2. The lowest BCUT2D eigenvalue weighted by Crippen LogP contribution is -2.49. The fraction of sp³-hybridized carbons (Fsp3) is 0.923. The summed E-state index contributed by atoms with van der Waals surface area (Å²) >= 11 is 0. The van der Waals surface area contributed by atoms with Gasteiger partial charge in [0.15, 0.2) is 0 Å². The number of aliphatic hydroxyl groups is 1. The van der Waals surface area contributed by atoms with Crippen LogP contribution in [0.25, 0.3) is 0 Å². The number of hydrogen-bond acceptors (Lipinski definition) is 3. The molecule has 1 heterocycles. The molecule has 2 N–H and O–H groups in total. The van der Waals surface area contributed by atoms with Crippen molar-refractivity contribution in [2.45, 2.75) is 44.7 Å². The van der Waals surface area contributed by atoms with E-state index >= 15 is 0 Å². The second-order valence-electron chi connectivity index (χ2n) is 5.37. The average molecular weight is 257 g/mol. The van der Waals surface area contributed by atoms with E-state index in [9.17, 15) is 4.79 Å². The Hall–Kier alpha value is -0.810. The highest BCUT2D eigenvalue weighted by atomic mass is 16.3. The van der Waals surface area contributed by atoms with E-state index in [1.807, 2.05) is 4.90 Å². The maximum absolute atomic E-state index is 11.8. The lowest BCUT2D eigenvalue weighted by atomic mass is 10.0. The number of nitrogens with one attached hydrogen (secondary N) is 1. The highest BCUT2D eigenvalue weighted by molar-refractivity contribution is 5.73. The number of aliphatic hydroxyl groups excluding tert-OH is 1. The van der Waals surface area contributed by atoms with Crippen molar-refractivity contribution < 1.29 is 9.90 Å². The number of piperidine rings is 1. The first-order chi connectivity index (χ1) is 8.54. The van der Waals surface area contributed by atoms with Crippen LogP contribution in [0.4, 0.5) is 4.79 Å². The van der Waals surface area contributed by atoms with Gasteiger partial charge in [0, 0.05) is 45.9 Å². The summed E-state index contributed by atoms with van der Waals surface area (Å²) in [7, 11) is 3.59. The van der Waals surface area contributed by atoms with E-state index < -0.39 is 0 Å². The van der Waals surface area contributed by atoms with Gasteiger partial charge in [-0.2, -0.15) is 0 Å². The Morgan fingerprint density at radius 3 is 2.56 bits per heavy atom. The van der Waals surface area contributed by atoms with Crippen molar-refractivity contribution in [1.82, 2.24) is 15.1 Å². The summed E-state index contributed by atoms with van der Waals surface area (Å²) in [5, 5.41) is 12.4. The van der Waals surface area contributed by atoms with Gasteiger partial charge in [-0.15, -0.1) is 0 Å². The van der Waals surface area contributed by atoms with Gasteiger partial charge in [0.2, 0.25) is 0 Å². The van der Waals surface area contributed by atoms with Gasteiger partial charge in [-0.3, -0.25) is 0 Å². The summed E-state index contributed by atoms with van der Waals surface area (Å²) in [4.78, 5) is 15.3. The van der Waals surface area contributed by atoms with E-state index in [0.717, 1.165) is 38.8 Å². The number of amides is 2. The van der Waals surface area contributed by atoms with Gasteiger partial charge in [-0.1, -0.05) is 0 Å². The van der Waals surface area contributed by atoms with Crippen molar-refractivity contribution in [3.63, 3.8) is 0 Å². The Morgan fingerprint density at radius 1 is 1.44 bits per heavy atom. The van der Waals surface area contributed by atoms with Gasteiger partial charge in [-0.25, -0.2) is 4.79 Å². The predicted octanol–water partition coefficient (Wildman–Crippen LogP) is 0.883. The van der Waals surface area contributed by atoms with Crippen LogP contribution in [0.2, 0.25) is 0 Å². The zero-order valence-electron chi connectivity index (χ0n) is 11.9. The van der Waals surface area contributed by atoms with Crippen LogP contribution in [0.5, 0.6) is 0 Å². The maximum Gasteiger partial charge on any atom is 0.319 e. The Morgan fingerprint density at radius 2 is 2.06 bits per heavy atom. The van der Waals surface area contributed by atoms with Crippen LogP contribution in [0.15, 0.2) is 0 Å². The number of likely N-dealkylation sites (tertiary alicyclic amines) is 1. The van der Waals surface area contributed by atoms with Crippen LogP contribution in [-0.4, -0.2) is 66.8 Å². The van der Waals surface area contributed by atoms with E-state index in [1.54, 1.807) is 19.0 Å². The molecule has 18 heavy (non-hydrogen) atoms. The maximum atomic E-state index is 11.8. The Balaban J connectivity index is 2.25.